The van der Waals surface area contributed by atoms with Crippen molar-refractivity contribution in [3.05, 3.63) is 157 Å². The van der Waals surface area contributed by atoms with E-state index in [0.29, 0.717) is 0 Å². The highest BCUT2D eigenvalue weighted by atomic mass is 16.5. The molecular weight excluding hydrogens is 520 g/mol. The van der Waals surface area contributed by atoms with Crippen molar-refractivity contribution in [2.45, 2.75) is 0 Å². The van der Waals surface area contributed by atoms with Crippen LogP contribution in [0, 0.1) is 0 Å². The van der Waals surface area contributed by atoms with Gasteiger partial charge in [-0.15, -0.1) is 0 Å². The fourth-order valence-corrected chi connectivity index (χ4v) is 5.14. The maximum Gasteiger partial charge on any atom is 0.135 e. The maximum absolute atomic E-state index is 9.82. The maximum atomic E-state index is 9.82. The van der Waals surface area contributed by atoms with Gasteiger partial charge < -0.3 is 4.74 Å². The van der Waals surface area contributed by atoms with E-state index in [1.807, 2.05) is 0 Å². The first-order valence-corrected chi connectivity index (χ1v) is 12.7. The molecule has 8 aromatic rings. The Balaban J connectivity index is 1.55. The fraction of sp³-hybridized carbons (Fsp3) is 0. The lowest BCUT2D eigenvalue weighted by Gasteiger charge is -2.23. The van der Waals surface area contributed by atoms with E-state index in [2.05, 4.69) is 0 Å². The van der Waals surface area contributed by atoms with E-state index in [-0.39, 0.29) is 5.39 Å². The number of fused-ring (bicyclic) bond motifs is 4. The van der Waals surface area contributed by atoms with E-state index in [1.54, 1.807) is 0 Å². The Hall–Kier alpha value is -5.66. The molecule has 1 nitrogen and oxygen atoms in total. The molecule has 200 valence electrons. The normalized spacial score (nSPS) is 20.4. The number of hydrogen-bond acceptors (Lipinski definition) is 1. The molecule has 0 unspecified atom stereocenters. The summed E-state index contributed by atoms with van der Waals surface area (Å²) in [5, 5.41) is -3.69. The van der Waals surface area contributed by atoms with E-state index in [0.717, 1.165) is 0 Å². The molecule has 0 amide bonds. The van der Waals surface area contributed by atoms with Crippen LogP contribution in [0.2, 0.25) is 0 Å². The van der Waals surface area contributed by atoms with Gasteiger partial charge in [0.05, 0.1) is 35.6 Å². The van der Waals surface area contributed by atoms with Crippen LogP contribution < -0.4 is 4.74 Å². The zero-order valence-electron chi connectivity index (χ0n) is 47.4. The van der Waals surface area contributed by atoms with E-state index in [9.17, 15) is 12.3 Å². The Labute approximate surface area is 286 Å². The first kappa shape index (κ1) is 9.69. The monoisotopic (exact) mass is 572 g/mol. The van der Waals surface area contributed by atoms with Gasteiger partial charge in [0.25, 0.3) is 0 Å². The number of ether oxygens (including phenoxy) is 1. The zero-order chi connectivity index (χ0) is 51.0. The minimum absolute atomic E-state index is 0.347. The van der Waals surface area contributed by atoms with Gasteiger partial charge in [-0.1, -0.05) is 139 Å². The largest absolute Gasteiger partial charge is 0.456 e. The predicted octanol–water partition coefficient (Wildman–Crippen LogP) is 11.9. The average Bonchev–Trinajstić information content (AvgIpc) is 3.32. The summed E-state index contributed by atoms with van der Waals surface area (Å²) in [5.41, 5.74) is -5.57. The number of hydrogen-bond donors (Lipinski definition) is 0. The second kappa shape index (κ2) is 9.44. The summed E-state index contributed by atoms with van der Waals surface area (Å²) in [6.07, 6.45) is 0. The van der Waals surface area contributed by atoms with Crippen molar-refractivity contribution in [2.75, 3.05) is 0 Å². The third kappa shape index (κ3) is 3.72. The van der Waals surface area contributed by atoms with Crippen molar-refractivity contribution < 1.29 is 40.4 Å². The van der Waals surface area contributed by atoms with E-state index < -0.39 is 240 Å². The molecule has 0 N–H and O–H groups in total. The number of rotatable bonds is 3. The van der Waals surface area contributed by atoms with Gasteiger partial charge in [0.15, 0.2) is 0 Å². The lowest BCUT2D eigenvalue weighted by molar-refractivity contribution is 0.487. The van der Waals surface area contributed by atoms with Crippen LogP contribution in [0.25, 0.3) is 76.8 Å². The molecule has 0 saturated heterocycles. The molecule has 0 atom stereocenters. The van der Waals surface area contributed by atoms with Gasteiger partial charge in [-0.05, 0) is 84.0 Å². The smallest absolute Gasteiger partial charge is 0.135 e. The average molecular weight is 573 g/mol. The fourth-order valence-electron chi connectivity index (χ4n) is 5.14. The molecule has 1 heterocycles. The van der Waals surface area contributed by atoms with Crippen LogP contribution in [0.1, 0.15) is 35.6 Å². The number of benzene rings is 8. The van der Waals surface area contributed by atoms with Gasteiger partial charge in [-0.25, -0.2) is 0 Å². The van der Waals surface area contributed by atoms with Crippen LogP contribution in [-0.2, 0) is 0 Å². The van der Waals surface area contributed by atoms with Crippen molar-refractivity contribution >= 4 is 32.3 Å². The Morgan fingerprint density at radius 1 is 0.372 bits per heavy atom. The summed E-state index contributed by atoms with van der Waals surface area (Å²) in [7, 11) is 0. The highest BCUT2D eigenvalue weighted by molar-refractivity contribution is 6.21. The standard InChI is InChI=1S/C42H26O/c1-2-10-27(11-3-1)28-20-22-30(23-21-28)40-32-14-4-6-16-34(32)41(35-17-7-5-15-33(35)40)31-24-25-38-37(26-31)36-18-8-12-29-13-9-19-39(43-38)42(29)36/h1-26H/i1D,2D,3D,4D,5D,6D,7D,8D,9D,10D,11D,12D,13D,14D,15D,16D,17D,18D,19D,20D,21D,22D,23D,24D,25D,26D. The molecule has 0 saturated carbocycles. The van der Waals surface area contributed by atoms with E-state index in [4.69, 9.17) is 28.0 Å². The van der Waals surface area contributed by atoms with Gasteiger partial charge in [-0.2, -0.15) is 0 Å². The van der Waals surface area contributed by atoms with Crippen molar-refractivity contribution in [2.24, 2.45) is 0 Å². The van der Waals surface area contributed by atoms with Crippen LogP contribution >= 0.6 is 0 Å². The molecule has 43 heavy (non-hydrogen) atoms. The highest BCUT2D eigenvalue weighted by Crippen LogP contribution is 2.49. The van der Waals surface area contributed by atoms with Crippen molar-refractivity contribution in [1.29, 1.82) is 0 Å². The highest BCUT2D eigenvalue weighted by Gasteiger charge is 2.22. The van der Waals surface area contributed by atoms with Crippen LogP contribution in [0.4, 0.5) is 0 Å². The lowest BCUT2D eigenvalue weighted by atomic mass is 9.84. The van der Waals surface area contributed by atoms with Gasteiger partial charge in [0, 0.05) is 10.9 Å². The van der Waals surface area contributed by atoms with Crippen LogP contribution in [-0.4, -0.2) is 0 Å². The molecule has 0 aliphatic carbocycles. The summed E-state index contributed by atoms with van der Waals surface area (Å²) in [6.45, 7) is 0. The van der Waals surface area contributed by atoms with Crippen molar-refractivity contribution in [1.82, 2.24) is 0 Å². The Morgan fingerprint density at radius 3 is 1.58 bits per heavy atom. The van der Waals surface area contributed by atoms with Crippen molar-refractivity contribution in [3.63, 3.8) is 0 Å². The molecule has 1 heteroatoms. The summed E-state index contributed by atoms with van der Waals surface area (Å²) in [5.74, 6) is -1.20. The Kier molecular flexibility index (Phi) is 2.13. The molecule has 0 bridgehead atoms. The lowest BCUT2D eigenvalue weighted by Crippen LogP contribution is -1.97. The summed E-state index contributed by atoms with van der Waals surface area (Å²) >= 11 is 0. The van der Waals surface area contributed by atoms with Gasteiger partial charge in [0.1, 0.15) is 11.5 Å². The predicted molar refractivity (Wildman–Crippen MR) is 181 cm³/mol. The molecule has 9 rings (SSSR count). The topological polar surface area (TPSA) is 9.23 Å². The SMILES string of the molecule is [2H]c1c([2H])c([2H])c(-c2c([2H])c([2H])c(-c3c4c([2H])c([2H])c([2H])c([2H])c4c(-c4c([2H])c([2H])c5c(c4[2H])-c4c([2H])c([2H])c([2H])c6c([2H])c([2H])c([2H])c(c46)O5)c4c([2H])c([2H])c([2H])c([2H])c34)c([2H])c2[2H])c([2H])c1[2H]. The first-order valence-electron chi connectivity index (χ1n) is 25.7. The molecule has 1 aliphatic rings. The Bertz CT molecular complexity index is 3680. The molecule has 0 aromatic heterocycles. The molecule has 0 spiro atoms. The summed E-state index contributed by atoms with van der Waals surface area (Å²) < 4.78 is 238. The molecule has 0 radical (unpaired) electrons. The van der Waals surface area contributed by atoms with Gasteiger partial charge in [-0.3, -0.25) is 0 Å². The molecular formula is C42H26O. The molecule has 0 fully saturated rings. The first-order chi connectivity index (χ1) is 32.2. The summed E-state index contributed by atoms with van der Waals surface area (Å²) in [6, 6.07) is -23.7. The zero-order valence-corrected chi connectivity index (χ0v) is 21.4. The minimum Gasteiger partial charge on any atom is -0.456 e. The van der Waals surface area contributed by atoms with Crippen LogP contribution in [0.5, 0.6) is 11.5 Å². The van der Waals surface area contributed by atoms with Crippen molar-refractivity contribution in [3.8, 4) is 56.0 Å². The van der Waals surface area contributed by atoms with Gasteiger partial charge in [0.2, 0.25) is 0 Å². The molecule has 8 aromatic carbocycles. The summed E-state index contributed by atoms with van der Waals surface area (Å²) in [4.78, 5) is 0. The second-order valence-corrected chi connectivity index (χ2v) is 9.26. The van der Waals surface area contributed by atoms with Crippen LogP contribution in [0.3, 0.4) is 0 Å². The quantitative estimate of drug-likeness (QED) is 0.191. The van der Waals surface area contributed by atoms with E-state index >= 15 is 0 Å². The molecule has 1 aliphatic heterocycles. The third-order valence-corrected chi connectivity index (χ3v) is 6.95. The third-order valence-electron chi connectivity index (χ3n) is 6.95. The van der Waals surface area contributed by atoms with Crippen LogP contribution in [0.15, 0.2) is 157 Å². The minimum atomic E-state index is -1.05. The van der Waals surface area contributed by atoms with E-state index in [1.165, 1.54) is 0 Å². The van der Waals surface area contributed by atoms with Gasteiger partial charge >= 0.3 is 0 Å². The Morgan fingerprint density at radius 2 is 0.907 bits per heavy atom. The second-order valence-electron chi connectivity index (χ2n) is 9.26.